The minimum atomic E-state index is -1.39. The number of rotatable bonds is 4. The number of benzene rings is 3. The largest absolute Gasteiger partial charge is 0.465 e. The van der Waals surface area contributed by atoms with Gasteiger partial charge in [-0.15, -0.1) is 0 Å². The van der Waals surface area contributed by atoms with Crippen molar-refractivity contribution in [3.8, 4) is 22.9 Å². The Hall–Kier alpha value is -5.50. The van der Waals surface area contributed by atoms with Crippen LogP contribution in [0.25, 0.3) is 38.6 Å². The van der Waals surface area contributed by atoms with E-state index in [-0.39, 0.29) is 22.8 Å². The highest BCUT2D eigenvalue weighted by molar-refractivity contribution is 6.18. The molecule has 0 saturated heterocycles. The molecule has 11 heteroatoms. The molecule has 176 valence electrons. The van der Waals surface area contributed by atoms with Crippen LogP contribution in [-0.2, 0) is 0 Å². The molecule has 0 unspecified atom stereocenters. The molecule has 0 atom stereocenters. The molecule has 0 aliphatic heterocycles. The van der Waals surface area contributed by atoms with Gasteiger partial charge in [-0.25, -0.2) is 23.9 Å². The van der Waals surface area contributed by atoms with E-state index in [0.717, 1.165) is 11.7 Å². The zero-order valence-corrected chi connectivity index (χ0v) is 18.2. The first-order valence-corrected chi connectivity index (χ1v) is 10.5. The Bertz CT molecular complexity index is 1710. The molecule has 5 rings (SSSR count). The van der Waals surface area contributed by atoms with Gasteiger partial charge in [0.05, 0.1) is 22.2 Å². The van der Waals surface area contributed by atoms with E-state index < -0.39 is 18.0 Å². The number of hydrogen-bond acceptors (Lipinski definition) is 5. The lowest BCUT2D eigenvalue weighted by molar-refractivity contribution is 0.208. The molecule has 36 heavy (non-hydrogen) atoms. The summed E-state index contributed by atoms with van der Waals surface area (Å²) in [5.74, 6) is -0.903. The van der Waals surface area contributed by atoms with Crippen LogP contribution in [0.1, 0.15) is 5.56 Å². The summed E-state index contributed by atoms with van der Waals surface area (Å²) in [5, 5.41) is 33.6. The summed E-state index contributed by atoms with van der Waals surface area (Å²) in [4.78, 5) is 31.0. The van der Waals surface area contributed by atoms with Gasteiger partial charge in [0.15, 0.2) is 0 Å². The molecule has 2 amide bonds. The zero-order valence-electron chi connectivity index (χ0n) is 18.2. The lowest BCUT2D eigenvalue weighted by Crippen LogP contribution is -2.14. The topological polar surface area (TPSA) is 153 Å². The number of amides is 2. The minimum absolute atomic E-state index is 0.0876. The average Bonchev–Trinajstić information content (AvgIpc) is 3.18. The summed E-state index contributed by atoms with van der Waals surface area (Å²) in [6.07, 6.45) is -1.74. The number of fused-ring (bicyclic) bond motifs is 3. The van der Waals surface area contributed by atoms with Crippen molar-refractivity contribution in [1.29, 1.82) is 5.26 Å². The Morgan fingerprint density at radius 3 is 2.22 bits per heavy atom. The smallest absolute Gasteiger partial charge is 0.410 e. The first kappa shape index (κ1) is 22.3. The standard InChI is InChI=1S/C25H15FN6O4/c26-17-10-14(9-8-13(17)11-27)32-18-6-2-1-4-15(18)20-16(5-3-7-19(20)32)21-22(30-24(33)34)28-12-29-23(21)31-25(35)36/h1-10,12H,(H,33,34)(H,35,36)(H2,28,29,30,31). The SMILES string of the molecule is N#Cc1ccc(-n2c3ccccc3c3c(-c4c(NC(=O)O)ncnc4NC(=O)O)cccc32)cc1F. The van der Waals surface area contributed by atoms with Crippen molar-refractivity contribution in [2.75, 3.05) is 10.6 Å². The molecule has 2 heterocycles. The summed E-state index contributed by atoms with van der Waals surface area (Å²) in [6.45, 7) is 0. The number of nitriles is 1. The summed E-state index contributed by atoms with van der Waals surface area (Å²) in [7, 11) is 0. The van der Waals surface area contributed by atoms with E-state index >= 15 is 0 Å². The Labute approximate surface area is 201 Å². The van der Waals surface area contributed by atoms with Crippen LogP contribution in [0.2, 0.25) is 0 Å². The number of nitrogens with zero attached hydrogens (tertiary/aromatic N) is 4. The monoisotopic (exact) mass is 482 g/mol. The fraction of sp³-hybridized carbons (Fsp3) is 0. The lowest BCUT2D eigenvalue weighted by Gasteiger charge is -2.14. The molecule has 0 aliphatic carbocycles. The van der Waals surface area contributed by atoms with Crippen LogP contribution in [0.4, 0.5) is 25.6 Å². The minimum Gasteiger partial charge on any atom is -0.465 e. The van der Waals surface area contributed by atoms with Gasteiger partial charge in [0.2, 0.25) is 0 Å². The number of anilines is 2. The summed E-state index contributed by atoms with van der Waals surface area (Å²) >= 11 is 0. The van der Waals surface area contributed by atoms with Gasteiger partial charge in [0, 0.05) is 16.5 Å². The Morgan fingerprint density at radius 2 is 1.58 bits per heavy atom. The van der Waals surface area contributed by atoms with E-state index in [9.17, 15) is 24.2 Å². The first-order chi connectivity index (χ1) is 17.4. The molecule has 4 N–H and O–H groups in total. The molecule has 3 aromatic carbocycles. The second-order valence-corrected chi connectivity index (χ2v) is 7.63. The number of halogens is 1. The molecule has 0 radical (unpaired) electrons. The maximum absolute atomic E-state index is 14.6. The van der Waals surface area contributed by atoms with Gasteiger partial charge >= 0.3 is 12.2 Å². The predicted octanol–water partition coefficient (Wildman–Crippen LogP) is 5.43. The second kappa shape index (κ2) is 8.69. The van der Waals surface area contributed by atoms with Crippen LogP contribution in [0, 0.1) is 17.1 Å². The van der Waals surface area contributed by atoms with Gasteiger partial charge in [-0.1, -0.05) is 30.3 Å². The summed E-state index contributed by atoms with van der Waals surface area (Å²) in [6, 6.07) is 18.6. The number of carbonyl (C=O) groups is 2. The molecule has 0 bridgehead atoms. The Balaban J connectivity index is 1.89. The van der Waals surface area contributed by atoms with Crippen molar-refractivity contribution in [1.82, 2.24) is 14.5 Å². The highest BCUT2D eigenvalue weighted by Crippen LogP contribution is 2.42. The van der Waals surface area contributed by atoms with E-state index in [1.54, 1.807) is 28.8 Å². The van der Waals surface area contributed by atoms with Gasteiger partial charge in [0.25, 0.3) is 0 Å². The fourth-order valence-electron chi connectivity index (χ4n) is 4.27. The quantitative estimate of drug-likeness (QED) is 0.266. The third kappa shape index (κ3) is 3.68. The highest BCUT2D eigenvalue weighted by Gasteiger charge is 2.23. The number of carboxylic acid groups (broad SMARTS) is 2. The van der Waals surface area contributed by atoms with E-state index in [0.29, 0.717) is 27.7 Å². The van der Waals surface area contributed by atoms with Gasteiger partial charge < -0.3 is 14.8 Å². The van der Waals surface area contributed by atoms with Crippen molar-refractivity contribution in [2.24, 2.45) is 0 Å². The zero-order chi connectivity index (χ0) is 25.4. The fourth-order valence-corrected chi connectivity index (χ4v) is 4.27. The number of hydrogen-bond donors (Lipinski definition) is 4. The van der Waals surface area contributed by atoms with Crippen LogP contribution in [0.3, 0.4) is 0 Å². The predicted molar refractivity (Wildman–Crippen MR) is 130 cm³/mol. The van der Waals surface area contributed by atoms with Crippen LogP contribution in [-0.4, -0.2) is 36.9 Å². The maximum Gasteiger partial charge on any atom is 0.410 e. The Kier molecular flexibility index (Phi) is 5.39. The van der Waals surface area contributed by atoms with Crippen molar-refractivity contribution >= 4 is 45.6 Å². The molecule has 10 nitrogen and oxygen atoms in total. The normalized spacial score (nSPS) is 10.8. The second-order valence-electron chi connectivity index (χ2n) is 7.63. The first-order valence-electron chi connectivity index (χ1n) is 10.5. The molecular weight excluding hydrogens is 467 g/mol. The van der Waals surface area contributed by atoms with Gasteiger partial charge in [0.1, 0.15) is 29.8 Å². The van der Waals surface area contributed by atoms with Crippen molar-refractivity contribution in [3.05, 3.63) is 78.4 Å². The molecular formula is C25H15FN6O4. The van der Waals surface area contributed by atoms with Crippen LogP contribution in [0.5, 0.6) is 0 Å². The van der Waals surface area contributed by atoms with Crippen LogP contribution in [0.15, 0.2) is 67.0 Å². The third-order valence-corrected chi connectivity index (χ3v) is 5.60. The third-order valence-electron chi connectivity index (χ3n) is 5.60. The number of aromatic nitrogens is 3. The van der Waals surface area contributed by atoms with E-state index in [2.05, 4.69) is 20.6 Å². The van der Waals surface area contributed by atoms with E-state index in [4.69, 9.17) is 5.26 Å². The van der Waals surface area contributed by atoms with Gasteiger partial charge in [-0.05, 0) is 35.9 Å². The molecule has 0 spiro atoms. The van der Waals surface area contributed by atoms with E-state index in [1.807, 2.05) is 30.3 Å². The molecule has 0 saturated carbocycles. The highest BCUT2D eigenvalue weighted by atomic mass is 19.1. The lowest BCUT2D eigenvalue weighted by atomic mass is 10.00. The van der Waals surface area contributed by atoms with Crippen molar-refractivity contribution in [2.45, 2.75) is 0 Å². The van der Waals surface area contributed by atoms with Crippen LogP contribution >= 0.6 is 0 Å². The van der Waals surface area contributed by atoms with Gasteiger partial charge in [-0.2, -0.15) is 5.26 Å². The summed E-state index contributed by atoms with van der Waals surface area (Å²) in [5.41, 5.74) is 2.29. The number of para-hydroxylation sites is 1. The maximum atomic E-state index is 14.6. The van der Waals surface area contributed by atoms with Crippen molar-refractivity contribution in [3.63, 3.8) is 0 Å². The Morgan fingerprint density at radius 1 is 0.917 bits per heavy atom. The molecule has 5 aromatic rings. The van der Waals surface area contributed by atoms with Crippen molar-refractivity contribution < 1.29 is 24.2 Å². The van der Waals surface area contributed by atoms with Gasteiger partial charge in [-0.3, -0.25) is 10.6 Å². The van der Waals surface area contributed by atoms with E-state index in [1.165, 1.54) is 12.1 Å². The van der Waals surface area contributed by atoms with Crippen LogP contribution < -0.4 is 10.6 Å². The molecule has 0 aliphatic rings. The molecule has 2 aromatic heterocycles. The molecule has 0 fully saturated rings. The number of nitrogens with one attached hydrogen (secondary N) is 2. The average molecular weight is 482 g/mol. The summed E-state index contributed by atoms with van der Waals surface area (Å²) < 4.78 is 16.4.